The molecule has 94 valence electrons. The summed E-state index contributed by atoms with van der Waals surface area (Å²) in [6.45, 7) is 1.80. The van der Waals surface area contributed by atoms with Crippen molar-refractivity contribution in [1.29, 1.82) is 0 Å². The summed E-state index contributed by atoms with van der Waals surface area (Å²) in [7, 11) is 0. The number of alkyl halides is 1. The van der Waals surface area contributed by atoms with E-state index in [1.54, 1.807) is 25.1 Å². The predicted octanol–water partition coefficient (Wildman–Crippen LogP) is -1.08. The van der Waals surface area contributed by atoms with Gasteiger partial charge in [-0.25, -0.2) is 0 Å². The molecule has 0 aliphatic heterocycles. The Morgan fingerprint density at radius 2 is 2.22 bits per heavy atom. The van der Waals surface area contributed by atoms with Gasteiger partial charge in [0, 0.05) is 10.2 Å². The van der Waals surface area contributed by atoms with Crippen molar-refractivity contribution in [2.24, 2.45) is 0 Å². The molecule has 1 aromatic rings. The van der Waals surface area contributed by atoms with E-state index in [1.165, 1.54) is 0 Å². The number of ether oxygens (including phenoxy) is 1. The van der Waals surface area contributed by atoms with Gasteiger partial charge in [-0.05, 0) is 30.7 Å². The van der Waals surface area contributed by atoms with E-state index in [-0.39, 0.29) is 35.5 Å². The van der Waals surface area contributed by atoms with Crippen LogP contribution in [0.5, 0.6) is 5.75 Å². The third-order valence-corrected chi connectivity index (χ3v) is 2.99. The van der Waals surface area contributed by atoms with Crippen LogP contribution in [0.1, 0.15) is 12.0 Å². The first kappa shape index (κ1) is 18.4. The smallest absolute Gasteiger partial charge is 0.691 e. The van der Waals surface area contributed by atoms with Crippen LogP contribution in [-0.4, -0.2) is 11.3 Å². The quantitative estimate of drug-likeness (QED) is 0.124. The summed E-state index contributed by atoms with van der Waals surface area (Å²) in [5, 5.41) is 13.5. The predicted molar refractivity (Wildman–Crippen MR) is 63.3 cm³/mol. The molecule has 0 N–H and O–H groups in total. The van der Waals surface area contributed by atoms with Crippen LogP contribution in [0.2, 0.25) is 0 Å². The van der Waals surface area contributed by atoms with Crippen LogP contribution in [0.3, 0.4) is 0 Å². The summed E-state index contributed by atoms with van der Waals surface area (Å²) in [6, 6.07) is 4.98. The van der Waals surface area contributed by atoms with E-state index in [0.29, 0.717) is 22.4 Å². The average Bonchev–Trinajstić information content (AvgIpc) is 2.28. The minimum Gasteiger partial charge on any atom is -0.691 e. The molecule has 0 saturated heterocycles. The van der Waals surface area contributed by atoms with Crippen molar-refractivity contribution >= 4 is 33.9 Å². The summed E-state index contributed by atoms with van der Waals surface area (Å²) in [4.78, 5) is 11.9. The van der Waals surface area contributed by atoms with E-state index in [2.05, 4.69) is 25.3 Å². The number of benzene rings is 1. The Morgan fingerprint density at radius 3 is 2.78 bits per heavy atom. The zero-order chi connectivity index (χ0) is 12.7. The van der Waals surface area contributed by atoms with Crippen molar-refractivity contribution in [2.45, 2.75) is 18.2 Å². The topological polar surface area (TPSA) is 67.8 Å². The van der Waals surface area contributed by atoms with Crippen molar-refractivity contribution in [1.82, 2.24) is 0 Å². The van der Waals surface area contributed by atoms with Gasteiger partial charge in [-0.1, -0.05) is 15.9 Å². The maximum Gasteiger partial charge on any atom is 1.00 e. The molecule has 0 amide bonds. The largest absolute Gasteiger partial charge is 1.00 e. The molecule has 0 fully saturated rings. The van der Waals surface area contributed by atoms with Crippen LogP contribution in [0.25, 0.3) is 0 Å². The van der Waals surface area contributed by atoms with Gasteiger partial charge in [-0.15, -0.1) is 0 Å². The minimum absolute atomic E-state index is 0. The second-order valence-electron chi connectivity index (χ2n) is 3.06. The first-order valence-corrected chi connectivity index (χ1v) is 6.54. The fraction of sp³-hybridized carbons (Fsp3) is 0.300. The zero-order valence-corrected chi connectivity index (χ0v) is 14.4. The number of halogens is 1. The van der Waals surface area contributed by atoms with Crippen molar-refractivity contribution in [2.75, 3.05) is 5.33 Å². The number of aryl methyl sites for hydroxylation is 1. The third-order valence-electron chi connectivity index (χ3n) is 1.83. The maximum atomic E-state index is 11.2. The number of hydrogen-bond acceptors (Lipinski definition) is 6. The monoisotopic (exact) mass is 344 g/mol. The number of rotatable bonds is 6. The molecule has 5 nitrogen and oxygen atoms in total. The summed E-state index contributed by atoms with van der Waals surface area (Å²) >= 11 is 3.96. The summed E-state index contributed by atoms with van der Waals surface area (Å²) in [6.07, 6.45) is 0.308. The van der Waals surface area contributed by atoms with Crippen LogP contribution in [0.4, 0.5) is 0 Å². The standard InChI is InChI=1S/C10H11BrO5S.Na/c1-7-6-8(14-10(12)4-5-11)2-3-9(7)17-16-15-13;/h2-3,6,13H,4-5H2,1H3;/q;+1/p-1. The molecule has 1 rings (SSSR count). The SMILES string of the molecule is Cc1cc(OC(=O)CCBr)ccc1SOO[O-].[Na+]. The molecule has 0 radical (unpaired) electrons. The Bertz CT molecular complexity index is 391. The van der Waals surface area contributed by atoms with Crippen molar-refractivity contribution in [3.63, 3.8) is 0 Å². The molecule has 0 aromatic heterocycles. The van der Waals surface area contributed by atoms with Crippen LogP contribution < -0.4 is 39.6 Å². The Hall–Kier alpha value is 0.400. The molecular formula is C10H10BrNaO5S. The van der Waals surface area contributed by atoms with Crippen LogP contribution in [-0.2, 0) is 14.2 Å². The van der Waals surface area contributed by atoms with Gasteiger partial charge in [-0.2, -0.15) is 4.33 Å². The minimum atomic E-state index is -0.305. The third kappa shape index (κ3) is 6.53. The van der Waals surface area contributed by atoms with Crippen LogP contribution in [0.15, 0.2) is 23.1 Å². The zero-order valence-electron chi connectivity index (χ0n) is 9.97. The second kappa shape index (κ2) is 10.2. The molecule has 18 heavy (non-hydrogen) atoms. The van der Waals surface area contributed by atoms with Gasteiger partial charge in [0.05, 0.1) is 18.5 Å². The van der Waals surface area contributed by atoms with Gasteiger partial charge in [0.25, 0.3) is 0 Å². The van der Waals surface area contributed by atoms with E-state index in [1.807, 2.05) is 0 Å². The Balaban J connectivity index is 0.00000289. The molecule has 1 aromatic carbocycles. The summed E-state index contributed by atoms with van der Waals surface area (Å²) < 4.78 is 9.29. The van der Waals surface area contributed by atoms with Gasteiger partial charge in [-0.3, -0.25) is 9.83 Å². The number of carbonyl (C=O) groups is 1. The number of carbonyl (C=O) groups excluding carboxylic acids is 1. The van der Waals surface area contributed by atoms with Crippen molar-refractivity contribution in [3.05, 3.63) is 23.8 Å². The molecule has 0 atom stereocenters. The van der Waals surface area contributed by atoms with Crippen LogP contribution >= 0.6 is 28.0 Å². The summed E-state index contributed by atoms with van der Waals surface area (Å²) in [5.74, 6) is 0.154. The molecule has 0 unspecified atom stereocenters. The van der Waals surface area contributed by atoms with Gasteiger partial charge in [0.1, 0.15) is 5.75 Å². The molecule has 0 aliphatic carbocycles. The van der Waals surface area contributed by atoms with Crippen molar-refractivity contribution < 1.29 is 53.7 Å². The Kier molecular flexibility index (Phi) is 10.4. The first-order chi connectivity index (χ1) is 8.17. The van der Waals surface area contributed by atoms with E-state index in [9.17, 15) is 10.1 Å². The fourth-order valence-electron chi connectivity index (χ4n) is 1.09. The number of esters is 1. The summed E-state index contributed by atoms with van der Waals surface area (Å²) in [5.41, 5.74) is 0.816. The van der Waals surface area contributed by atoms with Crippen molar-refractivity contribution in [3.8, 4) is 5.75 Å². The van der Waals surface area contributed by atoms with Crippen LogP contribution in [0, 0.1) is 6.92 Å². The molecular weight excluding hydrogens is 335 g/mol. The molecule has 0 spiro atoms. The van der Waals surface area contributed by atoms with Gasteiger partial charge in [0.2, 0.25) is 0 Å². The van der Waals surface area contributed by atoms with E-state index >= 15 is 0 Å². The second-order valence-corrected chi connectivity index (χ2v) is 4.60. The van der Waals surface area contributed by atoms with E-state index in [0.717, 1.165) is 17.6 Å². The maximum absolute atomic E-state index is 11.2. The van der Waals surface area contributed by atoms with E-state index in [4.69, 9.17) is 4.74 Å². The Labute approximate surface area is 140 Å². The number of hydrogen-bond donors (Lipinski definition) is 0. The first-order valence-electron chi connectivity index (χ1n) is 4.68. The molecule has 0 bridgehead atoms. The molecule has 0 aliphatic rings. The molecule has 8 heteroatoms. The normalized spacial score (nSPS) is 9.72. The molecule has 0 heterocycles. The fourth-order valence-corrected chi connectivity index (χ4v) is 1.83. The molecule has 0 saturated carbocycles. The van der Waals surface area contributed by atoms with Gasteiger partial charge >= 0.3 is 35.5 Å². The van der Waals surface area contributed by atoms with Gasteiger partial charge in [0.15, 0.2) is 0 Å². The van der Waals surface area contributed by atoms with E-state index < -0.39 is 0 Å². The average molecular weight is 345 g/mol. The Morgan fingerprint density at radius 1 is 1.50 bits per heavy atom. The van der Waals surface area contributed by atoms with Gasteiger partial charge < -0.3 is 9.99 Å².